The summed E-state index contributed by atoms with van der Waals surface area (Å²) in [7, 11) is 0. The molecule has 0 aromatic heterocycles. The highest BCUT2D eigenvalue weighted by molar-refractivity contribution is 5.70. The van der Waals surface area contributed by atoms with Crippen LogP contribution in [-0.4, -0.2) is 36.4 Å². The first-order chi connectivity index (χ1) is 20.6. The van der Waals surface area contributed by atoms with Crippen molar-refractivity contribution < 1.29 is 24.2 Å². The summed E-state index contributed by atoms with van der Waals surface area (Å²) in [6, 6.07) is 0. The number of hydrogen-bond donors (Lipinski definition) is 1. The zero-order valence-electron chi connectivity index (χ0n) is 28.0. The second-order valence-corrected chi connectivity index (χ2v) is 12.3. The molecule has 0 saturated heterocycles. The van der Waals surface area contributed by atoms with E-state index in [1.807, 2.05) is 0 Å². The Morgan fingerprint density at radius 1 is 0.524 bits per heavy atom. The van der Waals surface area contributed by atoms with E-state index in [1.54, 1.807) is 0 Å². The fourth-order valence-corrected chi connectivity index (χ4v) is 5.25. The number of aliphatic hydroxyl groups is 1. The maximum absolute atomic E-state index is 12.1. The Labute approximate surface area is 261 Å². The zero-order valence-corrected chi connectivity index (χ0v) is 28.0. The highest BCUT2D eigenvalue weighted by atomic mass is 16.6. The fourth-order valence-electron chi connectivity index (χ4n) is 5.25. The lowest BCUT2D eigenvalue weighted by molar-refractivity contribution is -0.161. The van der Waals surface area contributed by atoms with Crippen molar-refractivity contribution in [3.05, 3.63) is 12.2 Å². The Morgan fingerprint density at radius 3 is 1.29 bits per heavy atom. The summed E-state index contributed by atoms with van der Waals surface area (Å²) in [5, 5.41) is 9.50. The first-order valence-electron chi connectivity index (χ1n) is 18.2. The van der Waals surface area contributed by atoms with Crippen molar-refractivity contribution in [2.45, 2.75) is 200 Å². The number of aliphatic hydroxyl groups excluding tert-OH is 1. The molecule has 0 bridgehead atoms. The summed E-state index contributed by atoms with van der Waals surface area (Å²) in [5.74, 6) is -0.590. The van der Waals surface area contributed by atoms with Crippen molar-refractivity contribution in [2.24, 2.45) is 0 Å². The third kappa shape index (κ3) is 31.6. The van der Waals surface area contributed by atoms with Gasteiger partial charge in [0.1, 0.15) is 6.61 Å². The smallest absolute Gasteiger partial charge is 0.306 e. The Morgan fingerprint density at radius 2 is 0.881 bits per heavy atom. The van der Waals surface area contributed by atoms with E-state index in [9.17, 15) is 14.7 Å². The third-order valence-electron chi connectivity index (χ3n) is 8.06. The molecule has 0 aromatic rings. The van der Waals surface area contributed by atoms with Gasteiger partial charge in [0, 0.05) is 12.8 Å². The van der Waals surface area contributed by atoms with Gasteiger partial charge in [0.15, 0.2) is 6.10 Å². The molecule has 1 atom stereocenters. The Bertz CT molecular complexity index is 603. The van der Waals surface area contributed by atoms with Crippen molar-refractivity contribution >= 4 is 11.9 Å². The number of allylic oxidation sites excluding steroid dienone is 2. The van der Waals surface area contributed by atoms with E-state index in [2.05, 4.69) is 26.0 Å². The molecule has 0 amide bonds. The average Bonchev–Trinajstić information content (AvgIpc) is 2.99. The number of carbonyl (C=O) groups excluding carboxylic acids is 2. The molecule has 5 nitrogen and oxygen atoms in total. The molecule has 0 unspecified atom stereocenters. The molecular formula is C37H70O5. The highest BCUT2D eigenvalue weighted by Crippen LogP contribution is 2.14. The van der Waals surface area contributed by atoms with Crippen LogP contribution in [0.4, 0.5) is 0 Å². The second-order valence-electron chi connectivity index (χ2n) is 12.3. The van der Waals surface area contributed by atoms with Gasteiger partial charge in [-0.05, 0) is 38.5 Å². The van der Waals surface area contributed by atoms with Crippen molar-refractivity contribution in [1.82, 2.24) is 0 Å². The molecule has 0 spiro atoms. The first-order valence-corrected chi connectivity index (χ1v) is 18.2. The second kappa shape index (κ2) is 34.1. The molecule has 0 rings (SSSR count). The van der Waals surface area contributed by atoms with Crippen molar-refractivity contribution in [3.8, 4) is 0 Å². The van der Waals surface area contributed by atoms with Crippen LogP contribution in [0.5, 0.6) is 0 Å². The van der Waals surface area contributed by atoms with Gasteiger partial charge in [-0.3, -0.25) is 9.59 Å². The van der Waals surface area contributed by atoms with E-state index in [0.717, 1.165) is 38.5 Å². The van der Waals surface area contributed by atoms with Gasteiger partial charge in [0.25, 0.3) is 0 Å². The van der Waals surface area contributed by atoms with Crippen molar-refractivity contribution in [1.29, 1.82) is 0 Å². The summed E-state index contributed by atoms with van der Waals surface area (Å²) < 4.78 is 10.5. The van der Waals surface area contributed by atoms with Crippen LogP contribution in [-0.2, 0) is 19.1 Å². The molecule has 0 aromatic carbocycles. The van der Waals surface area contributed by atoms with Gasteiger partial charge < -0.3 is 14.6 Å². The molecular weight excluding hydrogens is 524 g/mol. The maximum Gasteiger partial charge on any atom is 0.306 e. The molecule has 42 heavy (non-hydrogen) atoms. The third-order valence-corrected chi connectivity index (χ3v) is 8.06. The van der Waals surface area contributed by atoms with E-state index in [4.69, 9.17) is 9.47 Å². The van der Waals surface area contributed by atoms with Crippen molar-refractivity contribution in [3.63, 3.8) is 0 Å². The standard InChI is InChI=1S/C37H70O5/c1-3-5-7-9-11-13-14-15-16-17-18-19-20-21-22-24-26-28-30-32-37(40)42-35(33-38)34-41-36(39)31-29-27-25-23-12-10-8-6-4-2/h15-16,35,38H,3-14,17-34H2,1-2H3/b16-15+/t35-/m0/s1. The van der Waals surface area contributed by atoms with Crippen LogP contribution in [0.15, 0.2) is 12.2 Å². The predicted octanol–water partition coefficient (Wildman–Crippen LogP) is 11.0. The van der Waals surface area contributed by atoms with E-state index >= 15 is 0 Å². The molecule has 0 aliphatic carbocycles. The van der Waals surface area contributed by atoms with Crippen molar-refractivity contribution in [2.75, 3.05) is 13.2 Å². The van der Waals surface area contributed by atoms with Gasteiger partial charge in [0.05, 0.1) is 6.61 Å². The SMILES string of the molecule is CCCCCCCC/C=C/CCCCCCCCCCCC(=O)O[C@@H](CO)COC(=O)CCCCCCCCCCC. The van der Waals surface area contributed by atoms with E-state index in [1.165, 1.54) is 128 Å². The Kier molecular flexibility index (Phi) is 33.0. The fraction of sp³-hybridized carbons (Fsp3) is 0.892. The lowest BCUT2D eigenvalue weighted by atomic mass is 10.1. The van der Waals surface area contributed by atoms with Crippen LogP contribution in [0.25, 0.3) is 0 Å². The predicted molar refractivity (Wildman–Crippen MR) is 178 cm³/mol. The van der Waals surface area contributed by atoms with Crippen LogP contribution in [0.1, 0.15) is 194 Å². The highest BCUT2D eigenvalue weighted by Gasteiger charge is 2.16. The van der Waals surface area contributed by atoms with Gasteiger partial charge in [-0.15, -0.1) is 0 Å². The topological polar surface area (TPSA) is 72.8 Å². The maximum atomic E-state index is 12.1. The molecule has 0 heterocycles. The van der Waals surface area contributed by atoms with Gasteiger partial charge in [-0.25, -0.2) is 0 Å². The molecule has 5 heteroatoms. The van der Waals surface area contributed by atoms with Gasteiger partial charge in [0.2, 0.25) is 0 Å². The normalized spacial score (nSPS) is 12.2. The number of hydrogen-bond acceptors (Lipinski definition) is 5. The number of rotatable bonds is 33. The van der Waals surface area contributed by atoms with Gasteiger partial charge >= 0.3 is 11.9 Å². The number of ether oxygens (including phenoxy) is 2. The molecule has 0 aliphatic rings. The van der Waals surface area contributed by atoms with E-state index in [-0.39, 0.29) is 25.2 Å². The summed E-state index contributed by atoms with van der Waals surface area (Å²) in [5.41, 5.74) is 0. The van der Waals surface area contributed by atoms with E-state index < -0.39 is 6.10 Å². The number of carbonyl (C=O) groups is 2. The first kappa shape index (κ1) is 40.6. The molecule has 0 radical (unpaired) electrons. The monoisotopic (exact) mass is 595 g/mol. The Balaban J connectivity index is 3.51. The molecule has 0 aliphatic heterocycles. The number of esters is 2. The van der Waals surface area contributed by atoms with Gasteiger partial charge in [-0.1, -0.05) is 154 Å². The van der Waals surface area contributed by atoms with Crippen LogP contribution in [0, 0.1) is 0 Å². The lowest BCUT2D eigenvalue weighted by Gasteiger charge is -2.15. The van der Waals surface area contributed by atoms with Crippen LogP contribution >= 0.6 is 0 Å². The molecule has 0 fully saturated rings. The Hall–Kier alpha value is -1.36. The minimum atomic E-state index is -0.764. The quantitative estimate of drug-likeness (QED) is 0.0465. The largest absolute Gasteiger partial charge is 0.462 e. The average molecular weight is 595 g/mol. The lowest BCUT2D eigenvalue weighted by Crippen LogP contribution is -2.28. The minimum absolute atomic E-state index is 0.0615. The zero-order chi connectivity index (χ0) is 30.8. The summed E-state index contributed by atoms with van der Waals surface area (Å²) in [6.07, 6.45) is 37.0. The number of unbranched alkanes of at least 4 members (excludes halogenated alkanes) is 23. The summed E-state index contributed by atoms with van der Waals surface area (Å²) in [4.78, 5) is 24.1. The molecule has 1 N–H and O–H groups in total. The van der Waals surface area contributed by atoms with Crippen LogP contribution < -0.4 is 0 Å². The van der Waals surface area contributed by atoms with Gasteiger partial charge in [-0.2, -0.15) is 0 Å². The molecule has 248 valence electrons. The van der Waals surface area contributed by atoms with E-state index in [0.29, 0.717) is 12.8 Å². The molecule has 0 saturated carbocycles. The minimum Gasteiger partial charge on any atom is -0.462 e. The van der Waals surface area contributed by atoms with Crippen LogP contribution in [0.2, 0.25) is 0 Å². The summed E-state index contributed by atoms with van der Waals surface area (Å²) in [6.45, 7) is 4.11. The summed E-state index contributed by atoms with van der Waals surface area (Å²) >= 11 is 0. The van der Waals surface area contributed by atoms with Crippen LogP contribution in [0.3, 0.4) is 0 Å².